The van der Waals surface area contributed by atoms with Crippen molar-refractivity contribution in [3.8, 4) is 0 Å². The number of amides is 1. The van der Waals surface area contributed by atoms with Crippen molar-refractivity contribution in [3.63, 3.8) is 0 Å². The lowest BCUT2D eigenvalue weighted by atomic mass is 9.84. The number of sulfonamides is 1. The van der Waals surface area contributed by atoms with Gasteiger partial charge in [0, 0.05) is 37.1 Å². The molecule has 29 heavy (non-hydrogen) atoms. The first kappa shape index (κ1) is 21.3. The predicted molar refractivity (Wildman–Crippen MR) is 115 cm³/mol. The van der Waals surface area contributed by atoms with Crippen molar-refractivity contribution < 1.29 is 13.2 Å². The van der Waals surface area contributed by atoms with Gasteiger partial charge in [0.1, 0.15) is 4.21 Å². The molecule has 0 radical (unpaired) electrons. The number of thiophene rings is 1. The Hall–Kier alpha value is -0.960. The lowest BCUT2D eigenvalue weighted by Crippen LogP contribution is -2.56. The van der Waals surface area contributed by atoms with Gasteiger partial charge in [-0.3, -0.25) is 9.69 Å². The molecule has 2 bridgehead atoms. The first-order chi connectivity index (χ1) is 13.8. The molecule has 2 saturated carbocycles. The fourth-order valence-electron chi connectivity index (χ4n) is 5.53. The zero-order valence-electron chi connectivity index (χ0n) is 17.6. The molecule has 3 aliphatic rings. The minimum atomic E-state index is -3.42. The van der Waals surface area contributed by atoms with E-state index in [4.69, 9.17) is 0 Å². The number of nitrogens with one attached hydrogen (secondary N) is 1. The van der Waals surface area contributed by atoms with Crippen LogP contribution in [0.5, 0.6) is 0 Å². The van der Waals surface area contributed by atoms with E-state index in [9.17, 15) is 13.2 Å². The Balaban J connectivity index is 1.29. The van der Waals surface area contributed by atoms with E-state index in [1.165, 1.54) is 37.0 Å². The second-order valence-electron chi connectivity index (χ2n) is 9.12. The molecule has 4 rings (SSSR count). The van der Waals surface area contributed by atoms with Crippen molar-refractivity contribution in [1.82, 2.24) is 14.5 Å². The standard InChI is InChI=1S/C21H33N3O3S2/c1-14-4-7-20(28-14)29(26,27)24-10-8-23(9-11-24)16(3)21(25)22-15(2)19-13-17-5-6-18(19)12-17/h4,7,15-19H,5-6,8-13H2,1-3H3,(H,22,25)/t15-,16-,17+,18+,19+/m1/s1. The van der Waals surface area contributed by atoms with Gasteiger partial charge in [-0.25, -0.2) is 8.42 Å². The molecule has 1 aromatic heterocycles. The summed E-state index contributed by atoms with van der Waals surface area (Å²) in [4.78, 5) is 15.9. The van der Waals surface area contributed by atoms with Crippen LogP contribution in [0.25, 0.3) is 0 Å². The summed E-state index contributed by atoms with van der Waals surface area (Å²) in [5.41, 5.74) is 0. The first-order valence-corrected chi connectivity index (χ1v) is 13.1. The van der Waals surface area contributed by atoms with Crippen LogP contribution >= 0.6 is 11.3 Å². The Labute approximate surface area is 178 Å². The Morgan fingerprint density at radius 3 is 2.41 bits per heavy atom. The minimum Gasteiger partial charge on any atom is -0.352 e. The van der Waals surface area contributed by atoms with E-state index in [0.717, 1.165) is 16.7 Å². The summed E-state index contributed by atoms with van der Waals surface area (Å²) in [6.45, 7) is 8.04. The van der Waals surface area contributed by atoms with E-state index in [1.54, 1.807) is 10.4 Å². The number of hydrogen-bond acceptors (Lipinski definition) is 5. The zero-order chi connectivity index (χ0) is 20.8. The fourth-order valence-corrected chi connectivity index (χ4v) is 8.39. The molecule has 0 aromatic carbocycles. The van der Waals surface area contributed by atoms with Gasteiger partial charge in [0.2, 0.25) is 5.91 Å². The molecule has 5 atom stereocenters. The Kier molecular flexibility index (Phi) is 6.08. The van der Waals surface area contributed by atoms with Crippen molar-refractivity contribution >= 4 is 27.3 Å². The SMILES string of the molecule is Cc1ccc(S(=O)(=O)N2CCN([C@H](C)C(=O)N[C@H](C)[C@@H]3C[C@H]4CC[C@H]3C4)CC2)s1. The molecule has 0 unspecified atom stereocenters. The Bertz CT molecular complexity index is 845. The Morgan fingerprint density at radius 1 is 1.14 bits per heavy atom. The van der Waals surface area contributed by atoms with E-state index in [2.05, 4.69) is 17.1 Å². The maximum atomic E-state index is 12.8. The van der Waals surface area contributed by atoms with Gasteiger partial charge in [-0.15, -0.1) is 11.3 Å². The molecule has 8 heteroatoms. The number of carbonyl (C=O) groups is 1. The molecule has 1 saturated heterocycles. The van der Waals surface area contributed by atoms with Crippen LogP contribution in [0.4, 0.5) is 0 Å². The van der Waals surface area contributed by atoms with Gasteiger partial charge < -0.3 is 5.32 Å². The molecular weight excluding hydrogens is 406 g/mol. The summed E-state index contributed by atoms with van der Waals surface area (Å²) in [6, 6.07) is 3.53. The van der Waals surface area contributed by atoms with Crippen LogP contribution in [-0.2, 0) is 14.8 Å². The number of aryl methyl sites for hydroxylation is 1. The summed E-state index contributed by atoms with van der Waals surface area (Å²) in [5, 5.41) is 3.26. The predicted octanol–water partition coefficient (Wildman–Crippen LogP) is 2.69. The highest BCUT2D eigenvalue weighted by Gasteiger charge is 2.42. The second kappa shape index (κ2) is 8.29. The molecule has 1 aliphatic heterocycles. The summed E-state index contributed by atoms with van der Waals surface area (Å²) in [7, 11) is -3.42. The van der Waals surface area contributed by atoms with Crippen LogP contribution in [-0.4, -0.2) is 61.8 Å². The van der Waals surface area contributed by atoms with Crippen LogP contribution in [0.1, 0.15) is 44.4 Å². The van der Waals surface area contributed by atoms with Gasteiger partial charge >= 0.3 is 0 Å². The summed E-state index contributed by atoms with van der Waals surface area (Å²) in [6.07, 6.45) is 5.31. The molecule has 3 fully saturated rings. The van der Waals surface area contributed by atoms with E-state index >= 15 is 0 Å². The van der Waals surface area contributed by atoms with Gasteiger partial charge in [-0.05, 0) is 69.9 Å². The third kappa shape index (κ3) is 4.27. The molecule has 1 N–H and O–H groups in total. The molecule has 0 spiro atoms. The largest absolute Gasteiger partial charge is 0.352 e. The van der Waals surface area contributed by atoms with E-state index in [-0.39, 0.29) is 18.0 Å². The molecule has 2 heterocycles. The quantitative estimate of drug-likeness (QED) is 0.740. The molecule has 1 aromatic rings. The highest BCUT2D eigenvalue weighted by Crippen LogP contribution is 2.49. The highest BCUT2D eigenvalue weighted by molar-refractivity contribution is 7.91. The smallest absolute Gasteiger partial charge is 0.252 e. The molecule has 6 nitrogen and oxygen atoms in total. The Morgan fingerprint density at radius 2 is 1.86 bits per heavy atom. The summed E-state index contributed by atoms with van der Waals surface area (Å²) < 4.78 is 27.6. The number of fused-ring (bicyclic) bond motifs is 2. The molecule has 162 valence electrons. The lowest BCUT2D eigenvalue weighted by Gasteiger charge is -2.37. The van der Waals surface area contributed by atoms with Crippen LogP contribution in [0.15, 0.2) is 16.3 Å². The number of hydrogen-bond donors (Lipinski definition) is 1. The third-order valence-electron chi connectivity index (χ3n) is 7.32. The van der Waals surface area contributed by atoms with Crippen molar-refractivity contribution in [2.24, 2.45) is 17.8 Å². The number of nitrogens with zero attached hydrogens (tertiary/aromatic N) is 2. The molecular formula is C21H33N3O3S2. The van der Waals surface area contributed by atoms with Gasteiger partial charge in [0.05, 0.1) is 6.04 Å². The van der Waals surface area contributed by atoms with Crippen molar-refractivity contribution in [1.29, 1.82) is 0 Å². The number of rotatable bonds is 6. The highest BCUT2D eigenvalue weighted by atomic mass is 32.2. The molecule has 1 amide bonds. The fraction of sp³-hybridized carbons (Fsp3) is 0.762. The summed E-state index contributed by atoms with van der Waals surface area (Å²) in [5.74, 6) is 2.37. The van der Waals surface area contributed by atoms with Crippen molar-refractivity contribution in [3.05, 3.63) is 17.0 Å². The first-order valence-electron chi connectivity index (χ1n) is 10.9. The van der Waals surface area contributed by atoms with E-state index in [0.29, 0.717) is 36.3 Å². The minimum absolute atomic E-state index is 0.0745. The average molecular weight is 440 g/mol. The maximum Gasteiger partial charge on any atom is 0.252 e. The second-order valence-corrected chi connectivity index (χ2v) is 12.6. The van der Waals surface area contributed by atoms with Gasteiger partial charge in [0.15, 0.2) is 0 Å². The topological polar surface area (TPSA) is 69.7 Å². The van der Waals surface area contributed by atoms with Gasteiger partial charge in [0.25, 0.3) is 10.0 Å². The van der Waals surface area contributed by atoms with E-state index < -0.39 is 10.0 Å². The molecule has 2 aliphatic carbocycles. The zero-order valence-corrected chi connectivity index (χ0v) is 19.3. The normalized spacial score (nSPS) is 30.4. The third-order valence-corrected chi connectivity index (χ3v) is 10.7. The average Bonchev–Trinajstić information content (AvgIpc) is 3.44. The van der Waals surface area contributed by atoms with Crippen LogP contribution in [0, 0.1) is 24.7 Å². The van der Waals surface area contributed by atoms with E-state index in [1.807, 2.05) is 19.9 Å². The van der Waals surface area contributed by atoms with Crippen LogP contribution in [0.3, 0.4) is 0 Å². The van der Waals surface area contributed by atoms with Gasteiger partial charge in [-0.1, -0.05) is 6.42 Å². The number of carbonyl (C=O) groups excluding carboxylic acids is 1. The monoisotopic (exact) mass is 439 g/mol. The maximum absolute atomic E-state index is 12.8. The van der Waals surface area contributed by atoms with Crippen molar-refractivity contribution in [2.75, 3.05) is 26.2 Å². The van der Waals surface area contributed by atoms with Crippen molar-refractivity contribution in [2.45, 2.75) is 62.7 Å². The summed E-state index contributed by atoms with van der Waals surface area (Å²) >= 11 is 1.32. The lowest BCUT2D eigenvalue weighted by molar-refractivity contribution is -0.127. The van der Waals surface area contributed by atoms with Crippen LogP contribution in [0.2, 0.25) is 0 Å². The van der Waals surface area contributed by atoms with Gasteiger partial charge in [-0.2, -0.15) is 4.31 Å². The van der Waals surface area contributed by atoms with Crippen LogP contribution < -0.4 is 5.32 Å². The number of piperazine rings is 1.